The summed E-state index contributed by atoms with van der Waals surface area (Å²) in [5.74, 6) is -0.764. The summed E-state index contributed by atoms with van der Waals surface area (Å²) in [5, 5.41) is 8.82. The molecule has 2 aromatic carbocycles. The zero-order valence-electron chi connectivity index (χ0n) is 14.9. The van der Waals surface area contributed by atoms with Gasteiger partial charge in [-0.2, -0.15) is 5.26 Å². The van der Waals surface area contributed by atoms with Gasteiger partial charge >= 0.3 is 5.97 Å². The fourth-order valence-corrected chi connectivity index (χ4v) is 2.98. The normalized spacial score (nSPS) is 14.7. The van der Waals surface area contributed by atoms with E-state index in [0.717, 1.165) is 18.4 Å². The van der Waals surface area contributed by atoms with Gasteiger partial charge in [0.15, 0.2) is 0 Å². The number of carbonyl (C=O) groups is 2. The van der Waals surface area contributed by atoms with Crippen LogP contribution in [0.5, 0.6) is 0 Å². The van der Waals surface area contributed by atoms with Crippen molar-refractivity contribution in [2.75, 3.05) is 13.1 Å². The van der Waals surface area contributed by atoms with E-state index in [4.69, 9.17) is 10.00 Å². The topological polar surface area (TPSA) is 70.4 Å². The third kappa shape index (κ3) is 4.83. The van der Waals surface area contributed by atoms with Gasteiger partial charge in [0, 0.05) is 24.7 Å². The van der Waals surface area contributed by atoms with E-state index in [1.54, 1.807) is 47.4 Å². The van der Waals surface area contributed by atoms with E-state index in [0.29, 0.717) is 24.2 Å². The van der Waals surface area contributed by atoms with Crippen LogP contribution in [0, 0.1) is 11.3 Å². The van der Waals surface area contributed by atoms with Crippen LogP contribution in [0.25, 0.3) is 6.08 Å². The van der Waals surface area contributed by atoms with Gasteiger partial charge in [-0.25, -0.2) is 4.79 Å². The van der Waals surface area contributed by atoms with Gasteiger partial charge in [0.2, 0.25) is 6.10 Å². The molecular formula is C22H20N2O3. The maximum absolute atomic E-state index is 12.8. The molecule has 0 bridgehead atoms. The average molecular weight is 360 g/mol. The zero-order chi connectivity index (χ0) is 19.1. The average Bonchev–Trinajstić information content (AvgIpc) is 3.26. The highest BCUT2D eigenvalue weighted by Gasteiger charge is 2.30. The van der Waals surface area contributed by atoms with Crippen LogP contribution in [0.4, 0.5) is 0 Å². The van der Waals surface area contributed by atoms with E-state index in [9.17, 15) is 9.59 Å². The van der Waals surface area contributed by atoms with Crippen molar-refractivity contribution in [3.8, 4) is 6.07 Å². The molecule has 5 nitrogen and oxygen atoms in total. The lowest BCUT2D eigenvalue weighted by Crippen LogP contribution is -2.34. The number of carbonyl (C=O) groups excluding carboxylic acids is 2. The number of rotatable bonds is 5. The Morgan fingerprint density at radius 3 is 2.33 bits per heavy atom. The molecule has 1 heterocycles. The van der Waals surface area contributed by atoms with Gasteiger partial charge in [-0.1, -0.05) is 42.5 Å². The van der Waals surface area contributed by atoms with Crippen molar-refractivity contribution in [3.05, 3.63) is 77.4 Å². The molecule has 1 amide bonds. The fourth-order valence-electron chi connectivity index (χ4n) is 2.98. The summed E-state index contributed by atoms with van der Waals surface area (Å²) in [4.78, 5) is 26.9. The van der Waals surface area contributed by atoms with E-state index < -0.39 is 12.1 Å². The molecule has 1 aliphatic rings. The third-order valence-electron chi connectivity index (χ3n) is 4.43. The Morgan fingerprint density at radius 2 is 1.70 bits per heavy atom. The third-order valence-corrected chi connectivity index (χ3v) is 4.43. The molecule has 1 fully saturated rings. The summed E-state index contributed by atoms with van der Waals surface area (Å²) in [6.07, 6.45) is 3.91. The molecule has 1 aliphatic heterocycles. The zero-order valence-corrected chi connectivity index (χ0v) is 14.9. The summed E-state index contributed by atoms with van der Waals surface area (Å²) >= 11 is 0. The highest BCUT2D eigenvalue weighted by molar-refractivity contribution is 5.91. The number of esters is 1. The van der Waals surface area contributed by atoms with Crippen molar-refractivity contribution in [1.29, 1.82) is 5.26 Å². The summed E-state index contributed by atoms with van der Waals surface area (Å²) in [6.45, 7) is 1.39. The Morgan fingerprint density at radius 1 is 1.04 bits per heavy atom. The number of likely N-dealkylation sites (tertiary alicyclic amines) is 1. The first-order chi connectivity index (χ1) is 13.2. The van der Waals surface area contributed by atoms with Crippen LogP contribution < -0.4 is 0 Å². The molecule has 0 radical (unpaired) electrons. The van der Waals surface area contributed by atoms with Crippen LogP contribution in [0.1, 0.15) is 35.6 Å². The quantitative estimate of drug-likeness (QED) is 0.605. The Bertz CT molecular complexity index is 861. The number of hydrogen-bond acceptors (Lipinski definition) is 4. The molecule has 1 saturated heterocycles. The smallest absolute Gasteiger partial charge is 0.331 e. The standard InChI is InChI=1S/C22H20N2O3/c23-16-18-10-8-17(9-11-18)12-13-20(25)27-21(19-6-2-1-3-7-19)22(26)24-14-4-5-15-24/h1-3,6-13,21H,4-5,14-15H2/b13-12+/t21-/m0/s1. The molecule has 5 heteroatoms. The van der Waals surface area contributed by atoms with Crippen molar-refractivity contribution in [3.63, 3.8) is 0 Å². The molecule has 0 aliphatic carbocycles. The predicted octanol–water partition coefficient (Wildman–Crippen LogP) is 3.48. The second-order valence-corrected chi connectivity index (χ2v) is 6.33. The van der Waals surface area contributed by atoms with Crippen LogP contribution >= 0.6 is 0 Å². The largest absolute Gasteiger partial charge is 0.444 e. The Balaban J connectivity index is 1.72. The van der Waals surface area contributed by atoms with E-state index in [2.05, 4.69) is 0 Å². The molecule has 27 heavy (non-hydrogen) atoms. The first kappa shape index (κ1) is 18.4. The highest BCUT2D eigenvalue weighted by atomic mass is 16.5. The van der Waals surface area contributed by atoms with Gasteiger partial charge in [0.1, 0.15) is 0 Å². The monoisotopic (exact) mass is 360 g/mol. The van der Waals surface area contributed by atoms with Crippen LogP contribution in [0.3, 0.4) is 0 Å². The minimum Gasteiger partial charge on any atom is -0.444 e. The maximum atomic E-state index is 12.8. The number of ether oxygens (including phenoxy) is 1. The second-order valence-electron chi connectivity index (χ2n) is 6.33. The fraction of sp³-hybridized carbons (Fsp3) is 0.227. The molecule has 0 N–H and O–H groups in total. The number of nitrogens with zero attached hydrogens (tertiary/aromatic N) is 2. The lowest BCUT2D eigenvalue weighted by molar-refractivity contribution is -0.156. The van der Waals surface area contributed by atoms with Crippen LogP contribution in [0.15, 0.2) is 60.7 Å². The second kappa shape index (κ2) is 8.81. The molecule has 0 aromatic heterocycles. The van der Waals surface area contributed by atoms with Crippen molar-refractivity contribution in [2.24, 2.45) is 0 Å². The molecule has 2 aromatic rings. The van der Waals surface area contributed by atoms with Crippen molar-refractivity contribution in [1.82, 2.24) is 4.90 Å². The van der Waals surface area contributed by atoms with Gasteiger partial charge in [-0.3, -0.25) is 4.79 Å². The molecule has 0 saturated carbocycles. The minimum atomic E-state index is -0.942. The van der Waals surface area contributed by atoms with E-state index in [1.165, 1.54) is 6.08 Å². The first-order valence-electron chi connectivity index (χ1n) is 8.90. The number of nitriles is 1. The lowest BCUT2D eigenvalue weighted by atomic mass is 10.1. The van der Waals surface area contributed by atoms with Crippen LogP contribution in [0.2, 0.25) is 0 Å². The van der Waals surface area contributed by atoms with Crippen molar-refractivity contribution in [2.45, 2.75) is 18.9 Å². The number of hydrogen-bond donors (Lipinski definition) is 0. The summed E-state index contributed by atoms with van der Waals surface area (Å²) in [5.41, 5.74) is 1.98. The number of benzene rings is 2. The minimum absolute atomic E-state index is 0.182. The van der Waals surface area contributed by atoms with E-state index in [1.807, 2.05) is 24.3 Å². The van der Waals surface area contributed by atoms with Crippen LogP contribution in [-0.4, -0.2) is 29.9 Å². The first-order valence-corrected chi connectivity index (χ1v) is 8.90. The molecular weight excluding hydrogens is 340 g/mol. The van der Waals surface area contributed by atoms with Gasteiger partial charge in [0.05, 0.1) is 11.6 Å². The van der Waals surface area contributed by atoms with E-state index in [-0.39, 0.29) is 5.91 Å². The summed E-state index contributed by atoms with van der Waals surface area (Å²) < 4.78 is 5.51. The number of amides is 1. The highest BCUT2D eigenvalue weighted by Crippen LogP contribution is 2.23. The molecule has 0 unspecified atom stereocenters. The molecule has 0 spiro atoms. The summed E-state index contributed by atoms with van der Waals surface area (Å²) in [6, 6.07) is 17.9. The lowest BCUT2D eigenvalue weighted by Gasteiger charge is -2.23. The molecule has 3 rings (SSSR count). The summed E-state index contributed by atoms with van der Waals surface area (Å²) in [7, 11) is 0. The van der Waals surface area contributed by atoms with E-state index >= 15 is 0 Å². The van der Waals surface area contributed by atoms with Crippen LogP contribution in [-0.2, 0) is 14.3 Å². The molecule has 1 atom stereocenters. The Labute approximate surface area is 158 Å². The SMILES string of the molecule is N#Cc1ccc(/C=C/C(=O)O[C@H](C(=O)N2CCCC2)c2ccccc2)cc1. The van der Waals surface area contributed by atoms with Crippen molar-refractivity contribution >= 4 is 18.0 Å². The van der Waals surface area contributed by atoms with Gasteiger partial charge in [-0.15, -0.1) is 0 Å². The Kier molecular flexibility index (Phi) is 6.01. The van der Waals surface area contributed by atoms with Gasteiger partial charge in [0.25, 0.3) is 5.91 Å². The van der Waals surface area contributed by atoms with Gasteiger partial charge < -0.3 is 9.64 Å². The van der Waals surface area contributed by atoms with Gasteiger partial charge in [-0.05, 0) is 36.6 Å². The van der Waals surface area contributed by atoms with Crippen molar-refractivity contribution < 1.29 is 14.3 Å². The predicted molar refractivity (Wildman–Crippen MR) is 101 cm³/mol. The molecule has 136 valence electrons. The Hall–Kier alpha value is -3.39. The maximum Gasteiger partial charge on any atom is 0.331 e.